The first-order valence-corrected chi connectivity index (χ1v) is 12.8. The summed E-state index contributed by atoms with van der Waals surface area (Å²) < 4.78 is 22.9. The largest absolute Gasteiger partial charge is 0.467 e. The average Bonchev–Trinajstić information content (AvgIpc) is 3.65. The summed E-state index contributed by atoms with van der Waals surface area (Å²) in [5, 5.41) is 3.59. The molecule has 1 saturated heterocycles. The maximum atomic E-state index is 14.0. The molecule has 1 aromatic heterocycles. The average molecular weight is 541 g/mol. The topological polar surface area (TPSA) is 110 Å². The third-order valence-electron chi connectivity index (χ3n) is 6.45. The molecule has 208 valence electrons. The fraction of sp³-hybridized carbons (Fsp3) is 0.414. The Hall–Kier alpha value is -3.92. The quantitative estimate of drug-likeness (QED) is 0.369. The molecule has 0 bridgehead atoms. The lowest BCUT2D eigenvalue weighted by molar-refractivity contribution is -0.483. The summed E-state index contributed by atoms with van der Waals surface area (Å²) in [6.07, 6.45) is 7.73. The van der Waals surface area contributed by atoms with E-state index in [0.29, 0.717) is 12.2 Å². The zero-order valence-corrected chi connectivity index (χ0v) is 22.7. The van der Waals surface area contributed by atoms with Crippen LogP contribution in [-0.2, 0) is 30.2 Å². The van der Waals surface area contributed by atoms with Gasteiger partial charge in [-0.25, -0.2) is 9.59 Å². The molecular weight excluding hydrogens is 505 g/mol. The summed E-state index contributed by atoms with van der Waals surface area (Å²) in [4.78, 5) is 44.1. The summed E-state index contributed by atoms with van der Waals surface area (Å²) in [5.41, 5.74) is 1.71. The van der Waals surface area contributed by atoms with Gasteiger partial charge in [-0.05, 0) is 51.0 Å². The molecule has 3 atom stereocenters. The zero-order valence-electron chi connectivity index (χ0n) is 22.7. The fourth-order valence-electron chi connectivity index (χ4n) is 4.76. The first-order chi connectivity index (χ1) is 18.6. The Kier molecular flexibility index (Phi) is 8.54. The molecule has 0 aliphatic carbocycles. The van der Waals surface area contributed by atoms with Crippen LogP contribution in [0.1, 0.15) is 38.3 Å². The van der Waals surface area contributed by atoms with Crippen LogP contribution >= 0.6 is 0 Å². The zero-order chi connectivity index (χ0) is 28.2. The van der Waals surface area contributed by atoms with Crippen LogP contribution in [0.3, 0.4) is 0 Å². The predicted octanol–water partition coefficient (Wildman–Crippen LogP) is 3.90. The highest BCUT2D eigenvalue weighted by Gasteiger charge is 2.45. The molecule has 0 saturated carbocycles. The number of alkyl carbamates (subject to hydrolysis) is 1. The van der Waals surface area contributed by atoms with Crippen LogP contribution in [0.15, 0.2) is 55.5 Å². The molecule has 2 aliphatic heterocycles. The highest BCUT2D eigenvalue weighted by atomic mass is 19.3. The molecule has 0 spiro atoms. The second-order valence-electron chi connectivity index (χ2n) is 10.4. The molecule has 0 radical (unpaired) electrons. The number of rotatable bonds is 9. The number of aromatic amines is 1. The number of hydrogen-bond donors (Lipinski definition) is 2. The van der Waals surface area contributed by atoms with Crippen LogP contribution in [0.25, 0.3) is 16.7 Å². The molecule has 2 aliphatic rings. The minimum atomic E-state index is -1.03. The number of fused-ring (bicyclic) bond motifs is 1. The van der Waals surface area contributed by atoms with Crippen molar-refractivity contribution in [1.29, 1.82) is 0 Å². The van der Waals surface area contributed by atoms with E-state index >= 15 is 0 Å². The van der Waals surface area contributed by atoms with E-state index in [1.165, 1.54) is 18.3 Å². The minimum Gasteiger partial charge on any atom is -0.467 e. The van der Waals surface area contributed by atoms with Gasteiger partial charge in [-0.2, -0.15) is 0 Å². The van der Waals surface area contributed by atoms with Crippen molar-refractivity contribution in [1.82, 2.24) is 15.2 Å². The normalized spacial score (nSPS) is 19.6. The number of carbonyl (C=O) groups is 3. The number of nitrogens with one attached hydrogen (secondary N) is 2. The van der Waals surface area contributed by atoms with E-state index in [-0.39, 0.29) is 19.6 Å². The lowest BCUT2D eigenvalue weighted by Gasteiger charge is -2.30. The van der Waals surface area contributed by atoms with Crippen molar-refractivity contribution in [3.05, 3.63) is 66.7 Å². The van der Waals surface area contributed by atoms with Crippen molar-refractivity contribution in [2.75, 3.05) is 20.3 Å². The Morgan fingerprint density at radius 3 is 2.77 bits per heavy atom. The number of methoxy groups -OCH3 is 1. The van der Waals surface area contributed by atoms with Crippen molar-refractivity contribution >= 4 is 34.7 Å². The summed E-state index contributed by atoms with van der Waals surface area (Å²) in [6, 6.07) is 3.79. The number of carbonyl (C=O) groups excluding carboxylic acids is 3. The summed E-state index contributed by atoms with van der Waals surface area (Å²) in [5.74, 6) is -0.435. The molecule has 2 N–H and O–H groups in total. The van der Waals surface area contributed by atoms with Gasteiger partial charge in [0.1, 0.15) is 11.6 Å². The highest BCUT2D eigenvalue weighted by molar-refractivity contribution is 5.92. The fourth-order valence-corrected chi connectivity index (χ4v) is 4.76. The van der Waals surface area contributed by atoms with Crippen molar-refractivity contribution in [2.45, 2.75) is 57.4 Å². The second kappa shape index (κ2) is 11.9. The number of aromatic nitrogens is 1. The van der Waals surface area contributed by atoms with Crippen LogP contribution in [0.5, 0.6) is 0 Å². The first kappa shape index (κ1) is 28.1. The number of amides is 2. The molecule has 9 nitrogen and oxygen atoms in total. The summed E-state index contributed by atoms with van der Waals surface area (Å²) in [6.45, 7) is 9.37. The number of ether oxygens (including phenoxy) is 3. The van der Waals surface area contributed by atoms with Gasteiger partial charge in [0.05, 0.1) is 25.4 Å². The number of nitrogens with zero attached hydrogens (tertiary/aromatic N) is 1. The number of hydrogen-bond acceptors (Lipinski definition) is 6. The SMILES string of the molecule is C=CCOC1CCN(C(=O)[C@H](Cc2c[nH]c3ccc(C4=CC=C[F+]4)cc23)NC(=O)OC(C)(C)C)C1C(=O)OC. The molecule has 2 unspecified atom stereocenters. The monoisotopic (exact) mass is 540 g/mol. The predicted molar refractivity (Wildman–Crippen MR) is 144 cm³/mol. The molecule has 2 amide bonds. The lowest BCUT2D eigenvalue weighted by Crippen LogP contribution is -2.55. The Morgan fingerprint density at radius 1 is 1.31 bits per heavy atom. The Morgan fingerprint density at radius 2 is 2.10 bits per heavy atom. The maximum absolute atomic E-state index is 14.0. The number of H-pyrrole nitrogens is 1. The molecule has 4 rings (SSSR count). The van der Waals surface area contributed by atoms with E-state index in [4.69, 9.17) is 18.3 Å². The van der Waals surface area contributed by atoms with Crippen LogP contribution < -0.4 is 5.32 Å². The van der Waals surface area contributed by atoms with Crippen LogP contribution in [0, 0.1) is 4.08 Å². The standard InChI is InChI=1S/C29H34FN3O6/c1-6-14-38-24-11-13-33(25(24)27(35)37-5)26(34)23(32-28(36)39-29(2,3)4)16-19-17-31-22-10-9-18(15-20(19)22)21-8-7-12-30-21/h6-10,12,15,17,23-25,31H,1,11,13-14,16H2,2-5H3/p+1/t23-,24?,25?/m0/s1. The molecule has 10 heteroatoms. The number of likely N-dealkylation sites (tertiary alicyclic amines) is 1. The Labute approximate surface area is 227 Å². The van der Waals surface area contributed by atoms with Crippen LogP contribution in [0.4, 0.5) is 4.79 Å². The molecule has 2 aromatic rings. The van der Waals surface area contributed by atoms with E-state index in [1.54, 1.807) is 39.1 Å². The Balaban J connectivity index is 1.64. The first-order valence-electron chi connectivity index (χ1n) is 12.8. The lowest BCUT2D eigenvalue weighted by atomic mass is 10.0. The molecule has 3 heterocycles. The van der Waals surface area contributed by atoms with E-state index in [9.17, 15) is 14.4 Å². The van der Waals surface area contributed by atoms with Crippen LogP contribution in [0.2, 0.25) is 0 Å². The third kappa shape index (κ3) is 6.57. The van der Waals surface area contributed by atoms with Crippen molar-refractivity contribution < 1.29 is 32.7 Å². The number of esters is 1. The maximum Gasteiger partial charge on any atom is 0.408 e. The minimum absolute atomic E-state index is 0.145. The smallest absolute Gasteiger partial charge is 0.408 e. The van der Waals surface area contributed by atoms with E-state index < -0.39 is 41.8 Å². The van der Waals surface area contributed by atoms with Gasteiger partial charge in [-0.15, -0.1) is 10.7 Å². The van der Waals surface area contributed by atoms with Gasteiger partial charge in [-0.3, -0.25) is 4.79 Å². The summed E-state index contributed by atoms with van der Waals surface area (Å²) in [7, 11) is 1.27. The van der Waals surface area contributed by atoms with Gasteiger partial charge in [0, 0.05) is 42.2 Å². The highest BCUT2D eigenvalue weighted by Crippen LogP contribution is 2.29. The second-order valence-corrected chi connectivity index (χ2v) is 10.4. The van der Waals surface area contributed by atoms with Crippen molar-refractivity contribution in [3.8, 4) is 0 Å². The molecule has 39 heavy (non-hydrogen) atoms. The van der Waals surface area contributed by atoms with Gasteiger partial charge in [0.2, 0.25) is 5.91 Å². The van der Waals surface area contributed by atoms with E-state index in [0.717, 1.165) is 22.0 Å². The number of halogens is 1. The molecular formula is C29H35FN3O6+. The van der Waals surface area contributed by atoms with Gasteiger partial charge in [0.15, 0.2) is 6.04 Å². The number of benzene rings is 1. The number of allylic oxidation sites excluding steroid dienone is 2. The van der Waals surface area contributed by atoms with Crippen molar-refractivity contribution in [2.24, 2.45) is 0 Å². The summed E-state index contributed by atoms with van der Waals surface area (Å²) >= 11 is 0. The van der Waals surface area contributed by atoms with Gasteiger partial charge < -0.3 is 29.4 Å². The Bertz CT molecular complexity index is 1310. The van der Waals surface area contributed by atoms with E-state index in [2.05, 4.69) is 16.9 Å². The van der Waals surface area contributed by atoms with Gasteiger partial charge >= 0.3 is 17.9 Å². The van der Waals surface area contributed by atoms with Crippen molar-refractivity contribution in [3.63, 3.8) is 0 Å². The van der Waals surface area contributed by atoms with Crippen LogP contribution in [-0.4, -0.2) is 71.9 Å². The third-order valence-corrected chi connectivity index (χ3v) is 6.45. The molecule has 1 fully saturated rings. The molecule has 1 aromatic carbocycles. The van der Waals surface area contributed by atoms with E-state index in [1.807, 2.05) is 24.3 Å². The van der Waals surface area contributed by atoms with Gasteiger partial charge in [-0.1, -0.05) is 6.08 Å². The van der Waals surface area contributed by atoms with Gasteiger partial charge in [0.25, 0.3) is 6.33 Å².